The Kier molecular flexibility index (Phi) is 10.2. The molecule has 1 aromatic heterocycles. The van der Waals surface area contributed by atoms with E-state index in [1.165, 1.54) is 60.7 Å². The second kappa shape index (κ2) is 14.2. The number of hydrogen-bond donors (Lipinski definition) is 2. The number of amides is 1. The summed E-state index contributed by atoms with van der Waals surface area (Å²) in [6.07, 6.45) is -7.11. The van der Waals surface area contributed by atoms with Crippen LogP contribution in [0.25, 0.3) is 22.2 Å². The predicted molar refractivity (Wildman–Crippen MR) is 178 cm³/mol. The summed E-state index contributed by atoms with van der Waals surface area (Å²) < 4.78 is 111. The molecule has 15 heteroatoms. The lowest BCUT2D eigenvalue weighted by molar-refractivity contribution is -0.155. The van der Waals surface area contributed by atoms with Gasteiger partial charge in [0, 0.05) is 48.4 Å². The van der Waals surface area contributed by atoms with Gasteiger partial charge in [-0.2, -0.15) is 26.3 Å². The van der Waals surface area contributed by atoms with Crippen molar-refractivity contribution >= 4 is 26.6 Å². The molecule has 51 heavy (non-hydrogen) atoms. The molecular weight excluding hydrogens is 698 g/mol. The van der Waals surface area contributed by atoms with Gasteiger partial charge in [-0.15, -0.1) is 0 Å². The van der Waals surface area contributed by atoms with Gasteiger partial charge in [-0.3, -0.25) is 14.6 Å². The lowest BCUT2D eigenvalue weighted by atomic mass is 9.93. The van der Waals surface area contributed by atoms with Crippen LogP contribution in [0.15, 0.2) is 77.7 Å². The average molecular weight is 735 g/mol. The highest BCUT2D eigenvalue weighted by Crippen LogP contribution is 2.38. The fourth-order valence-corrected chi connectivity index (χ4v) is 7.62. The van der Waals surface area contributed by atoms with Crippen LogP contribution in [0.1, 0.15) is 52.4 Å². The molecule has 2 atom stereocenters. The number of likely N-dealkylation sites (tertiary alicyclic amines) is 2. The van der Waals surface area contributed by atoms with E-state index >= 15 is 0 Å². The molecule has 3 heterocycles. The summed E-state index contributed by atoms with van der Waals surface area (Å²) in [4.78, 5) is 23.0. The number of rotatable bonds is 8. The molecule has 2 saturated heterocycles. The number of hydrogen-bond acceptors (Lipinski definition) is 7. The Bertz CT molecular complexity index is 2020. The molecule has 0 unspecified atom stereocenters. The van der Waals surface area contributed by atoms with Crippen molar-refractivity contribution in [3.05, 3.63) is 95.1 Å². The Labute approximate surface area is 291 Å². The second-order valence-electron chi connectivity index (χ2n) is 13.1. The number of carbonyl (C=O) groups is 1. The minimum atomic E-state index is -4.94. The van der Waals surface area contributed by atoms with Crippen LogP contribution in [0.3, 0.4) is 0 Å². The molecule has 0 spiro atoms. The number of β-amino-alcohol motifs (C(OH)–C–C–N with tert-alkyl or cyclic N) is 1. The summed E-state index contributed by atoms with van der Waals surface area (Å²) in [6, 6.07) is 12.5. The van der Waals surface area contributed by atoms with Crippen LogP contribution < -0.4 is 5.32 Å². The summed E-state index contributed by atoms with van der Waals surface area (Å²) in [5.74, 6) is -1.19. The minimum Gasteiger partial charge on any atom is -0.392 e. The minimum absolute atomic E-state index is 0.0123. The van der Waals surface area contributed by atoms with Gasteiger partial charge in [-0.05, 0) is 68.2 Å². The van der Waals surface area contributed by atoms with Crippen molar-refractivity contribution in [1.82, 2.24) is 20.1 Å². The molecule has 0 saturated carbocycles. The zero-order valence-electron chi connectivity index (χ0n) is 27.5. The maximum atomic E-state index is 14.5. The van der Waals surface area contributed by atoms with Crippen LogP contribution in [0.5, 0.6) is 0 Å². The number of piperidine rings is 1. The molecule has 0 radical (unpaired) electrons. The van der Waals surface area contributed by atoms with Gasteiger partial charge in [0.2, 0.25) is 0 Å². The molecule has 1 amide bonds. The highest BCUT2D eigenvalue weighted by atomic mass is 32.2. The zero-order chi connectivity index (χ0) is 36.7. The van der Waals surface area contributed by atoms with Crippen molar-refractivity contribution in [3.63, 3.8) is 0 Å². The van der Waals surface area contributed by atoms with E-state index in [-0.39, 0.29) is 56.3 Å². The summed E-state index contributed by atoms with van der Waals surface area (Å²) in [6.45, 7) is 2.19. The quantitative estimate of drug-likeness (QED) is 0.203. The zero-order valence-corrected chi connectivity index (χ0v) is 28.3. The Balaban J connectivity index is 1.52. The smallest absolute Gasteiger partial charge is 0.392 e. The molecule has 0 aliphatic carbocycles. The number of halogens is 6. The number of carbonyl (C=O) groups excluding carboxylic acids is 1. The summed E-state index contributed by atoms with van der Waals surface area (Å²) in [5.41, 5.74) is -1.53. The van der Waals surface area contributed by atoms with Gasteiger partial charge in [0.1, 0.15) is 0 Å². The largest absolute Gasteiger partial charge is 0.416 e. The van der Waals surface area contributed by atoms with Crippen molar-refractivity contribution in [3.8, 4) is 11.3 Å². The predicted octanol–water partition coefficient (Wildman–Crippen LogP) is 6.39. The number of benzene rings is 3. The molecule has 2 N–H and O–H groups in total. The highest BCUT2D eigenvalue weighted by molar-refractivity contribution is 7.90. The van der Waals surface area contributed by atoms with E-state index in [1.54, 1.807) is 0 Å². The summed E-state index contributed by atoms with van der Waals surface area (Å²) in [7, 11) is -3.87. The molecule has 2 fully saturated rings. The number of pyridine rings is 1. The van der Waals surface area contributed by atoms with Crippen molar-refractivity contribution in [1.29, 1.82) is 0 Å². The molecule has 272 valence electrons. The van der Waals surface area contributed by atoms with E-state index in [9.17, 15) is 44.7 Å². The number of aliphatic hydroxyl groups excluding tert-OH is 1. The van der Waals surface area contributed by atoms with Crippen LogP contribution >= 0.6 is 0 Å². The third kappa shape index (κ3) is 8.21. The Morgan fingerprint density at radius 3 is 2.25 bits per heavy atom. The van der Waals surface area contributed by atoms with Gasteiger partial charge in [0.05, 0.1) is 33.3 Å². The normalized spacial score (nSPS) is 19.0. The fraction of sp³-hybridized carbons (Fsp3) is 0.389. The molecule has 8 nitrogen and oxygen atoms in total. The van der Waals surface area contributed by atoms with E-state index in [1.807, 2.05) is 4.90 Å². The van der Waals surface area contributed by atoms with Crippen LogP contribution in [-0.4, -0.2) is 85.0 Å². The fourth-order valence-electron chi connectivity index (χ4n) is 6.98. The number of nitrogens with one attached hydrogen (secondary N) is 1. The Morgan fingerprint density at radius 2 is 1.65 bits per heavy atom. The number of aliphatic hydroxyl groups is 1. The molecule has 6 rings (SSSR count). The lowest BCUT2D eigenvalue weighted by Gasteiger charge is -2.37. The van der Waals surface area contributed by atoms with Crippen molar-refractivity contribution in [2.45, 2.75) is 61.2 Å². The van der Waals surface area contributed by atoms with Crippen LogP contribution in [-0.2, 0) is 22.6 Å². The average Bonchev–Trinajstić information content (AvgIpc) is 3.52. The monoisotopic (exact) mass is 734 g/mol. The first-order chi connectivity index (χ1) is 24.0. The molecular formula is C36H36F6N4O4S. The molecule has 3 aromatic carbocycles. The molecule has 0 bridgehead atoms. The number of sulfone groups is 1. The molecule has 2 aliphatic heterocycles. The van der Waals surface area contributed by atoms with E-state index < -0.39 is 45.8 Å². The highest BCUT2D eigenvalue weighted by Gasteiger charge is 2.43. The number of nitrogens with zero attached hydrogens (tertiary/aromatic N) is 3. The van der Waals surface area contributed by atoms with E-state index in [4.69, 9.17) is 0 Å². The van der Waals surface area contributed by atoms with Gasteiger partial charge >= 0.3 is 12.4 Å². The lowest BCUT2D eigenvalue weighted by Crippen LogP contribution is -2.44. The van der Waals surface area contributed by atoms with Crippen LogP contribution in [0.2, 0.25) is 0 Å². The third-order valence-electron chi connectivity index (χ3n) is 9.56. The van der Waals surface area contributed by atoms with Crippen molar-refractivity contribution in [2.75, 3.05) is 32.4 Å². The van der Waals surface area contributed by atoms with Gasteiger partial charge < -0.3 is 10.4 Å². The SMILES string of the molecule is CS(=O)(=O)c1ccc2nc(-c3cccc(C(F)(F)F)c3)c(CN3CCC(N4CC[C@@H](O)C4)CC3)c(C(=O)N[C@H](c3ccccc3)C(F)(F)F)c2c1. The first kappa shape index (κ1) is 36.7. The first-order valence-corrected chi connectivity index (χ1v) is 18.3. The van der Waals surface area contributed by atoms with Gasteiger partial charge in [-0.1, -0.05) is 42.5 Å². The van der Waals surface area contributed by atoms with Gasteiger partial charge in [-0.25, -0.2) is 13.4 Å². The first-order valence-electron chi connectivity index (χ1n) is 16.4. The van der Waals surface area contributed by atoms with E-state index in [0.29, 0.717) is 38.9 Å². The number of aromatic nitrogens is 1. The van der Waals surface area contributed by atoms with Crippen molar-refractivity contribution in [2.24, 2.45) is 0 Å². The van der Waals surface area contributed by atoms with Crippen LogP contribution in [0, 0.1) is 0 Å². The standard InChI is InChI=1S/C36H36F6N4O4S/c1-51(49,50)27-10-11-30-28(19-27)31(34(48)44-33(36(40,41)42)22-6-3-2-4-7-22)29(32(43-30)23-8-5-9-24(18-23)35(37,38)39)21-45-15-12-25(13-16-45)46-17-14-26(47)20-46/h2-11,18-19,25-26,33,47H,12-17,20-21H2,1H3,(H,44,48)/t26-,33-/m1/s1. The topological polar surface area (TPSA) is 103 Å². The maximum Gasteiger partial charge on any atom is 0.416 e. The van der Waals surface area contributed by atoms with E-state index in [2.05, 4.69) is 15.2 Å². The number of fused-ring (bicyclic) bond motifs is 1. The Morgan fingerprint density at radius 1 is 0.941 bits per heavy atom. The molecule has 2 aliphatic rings. The number of alkyl halides is 6. The third-order valence-corrected chi connectivity index (χ3v) is 10.7. The van der Waals surface area contributed by atoms with Crippen molar-refractivity contribution < 1.29 is 44.7 Å². The van der Waals surface area contributed by atoms with Crippen LogP contribution in [0.4, 0.5) is 26.3 Å². The van der Waals surface area contributed by atoms with Gasteiger partial charge in [0.25, 0.3) is 5.91 Å². The summed E-state index contributed by atoms with van der Waals surface area (Å²) in [5, 5.41) is 12.1. The summed E-state index contributed by atoms with van der Waals surface area (Å²) >= 11 is 0. The maximum absolute atomic E-state index is 14.5. The van der Waals surface area contributed by atoms with E-state index in [0.717, 1.165) is 24.9 Å². The molecule has 4 aromatic rings. The second-order valence-corrected chi connectivity index (χ2v) is 15.2. The Hall–Kier alpha value is -4.05. The van der Waals surface area contributed by atoms with Gasteiger partial charge in [0.15, 0.2) is 15.9 Å².